The number of benzene rings is 2. The Balaban J connectivity index is 1.87. The van der Waals surface area contributed by atoms with Crippen LogP contribution in [0.1, 0.15) is 24.0 Å². The van der Waals surface area contributed by atoms with Gasteiger partial charge in [-0.3, -0.25) is 4.79 Å². The molecule has 1 saturated carbocycles. The highest BCUT2D eigenvalue weighted by Gasteiger charge is 2.31. The van der Waals surface area contributed by atoms with Crippen LogP contribution in [0.15, 0.2) is 53.4 Å². The summed E-state index contributed by atoms with van der Waals surface area (Å²) in [7, 11) is -2.52. The third kappa shape index (κ3) is 5.08. The van der Waals surface area contributed by atoms with Crippen LogP contribution < -0.4 is 14.8 Å². The van der Waals surface area contributed by atoms with Crippen molar-refractivity contribution in [2.45, 2.75) is 43.2 Å². The number of amides is 1. The van der Waals surface area contributed by atoms with Crippen LogP contribution >= 0.6 is 0 Å². The van der Waals surface area contributed by atoms with Gasteiger partial charge in [-0.15, -0.1) is 0 Å². The number of nitrogens with one attached hydrogen (secondary N) is 2. The first-order valence-electron chi connectivity index (χ1n) is 8.90. The monoisotopic (exact) mass is 388 g/mol. The molecule has 0 saturated heterocycles. The minimum absolute atomic E-state index is 0.0299. The van der Waals surface area contributed by atoms with E-state index in [4.69, 9.17) is 4.74 Å². The Morgan fingerprint density at radius 3 is 2.52 bits per heavy atom. The van der Waals surface area contributed by atoms with Crippen LogP contribution in [-0.2, 0) is 21.2 Å². The Morgan fingerprint density at radius 1 is 1.19 bits per heavy atom. The quantitative estimate of drug-likeness (QED) is 0.726. The zero-order valence-electron chi connectivity index (χ0n) is 15.4. The highest BCUT2D eigenvalue weighted by atomic mass is 32.2. The van der Waals surface area contributed by atoms with Gasteiger partial charge in [0.05, 0.1) is 7.11 Å². The molecule has 0 aliphatic heterocycles. The second-order valence-electron chi connectivity index (χ2n) is 6.80. The molecule has 0 heterocycles. The second kappa shape index (κ2) is 8.10. The van der Waals surface area contributed by atoms with Gasteiger partial charge in [0.2, 0.25) is 15.9 Å². The molecule has 27 heavy (non-hydrogen) atoms. The number of ether oxygens (including phenoxy) is 1. The van der Waals surface area contributed by atoms with Gasteiger partial charge in [-0.05, 0) is 49.4 Å². The Kier molecular flexibility index (Phi) is 5.82. The number of rotatable bonds is 8. The second-order valence-corrected chi connectivity index (χ2v) is 8.48. The maximum atomic E-state index is 13.0. The molecule has 1 aliphatic carbocycles. The van der Waals surface area contributed by atoms with Crippen molar-refractivity contribution in [3.63, 3.8) is 0 Å². The molecule has 144 valence electrons. The lowest BCUT2D eigenvalue weighted by Gasteiger charge is -2.20. The van der Waals surface area contributed by atoms with E-state index in [1.54, 1.807) is 25.1 Å². The zero-order valence-corrected chi connectivity index (χ0v) is 16.3. The smallest absolute Gasteiger partial charge is 0.244 e. The SMILES string of the molecule is COc1ccc(C)cc1S(=O)(=O)NC(Cc1ccccc1)C(=O)NC1CC1. The molecule has 2 aromatic carbocycles. The molecule has 6 nitrogen and oxygen atoms in total. The molecule has 1 atom stereocenters. The van der Waals surface area contributed by atoms with Gasteiger partial charge in [0.15, 0.2) is 0 Å². The van der Waals surface area contributed by atoms with E-state index >= 15 is 0 Å². The van der Waals surface area contributed by atoms with Crippen LogP contribution in [0.25, 0.3) is 0 Å². The molecular weight excluding hydrogens is 364 g/mol. The first kappa shape index (κ1) is 19.4. The predicted molar refractivity (Wildman–Crippen MR) is 103 cm³/mol. The molecule has 1 fully saturated rings. The zero-order chi connectivity index (χ0) is 19.4. The number of carbonyl (C=O) groups excluding carboxylic acids is 1. The third-order valence-electron chi connectivity index (χ3n) is 4.43. The number of methoxy groups -OCH3 is 1. The molecule has 2 aromatic rings. The van der Waals surface area contributed by atoms with Crippen molar-refractivity contribution in [3.8, 4) is 5.75 Å². The van der Waals surface area contributed by atoms with E-state index in [2.05, 4.69) is 10.0 Å². The van der Waals surface area contributed by atoms with Crippen LogP contribution in [0.4, 0.5) is 0 Å². The van der Waals surface area contributed by atoms with Gasteiger partial charge in [-0.25, -0.2) is 8.42 Å². The van der Waals surface area contributed by atoms with Crippen LogP contribution in [-0.4, -0.2) is 33.5 Å². The summed E-state index contributed by atoms with van der Waals surface area (Å²) in [5.41, 5.74) is 1.67. The Bertz CT molecular complexity index is 909. The lowest BCUT2D eigenvalue weighted by molar-refractivity contribution is -0.122. The lowest BCUT2D eigenvalue weighted by atomic mass is 10.1. The molecule has 7 heteroatoms. The molecule has 1 aliphatic rings. The predicted octanol–water partition coefficient (Wildman–Crippen LogP) is 2.17. The molecule has 2 N–H and O–H groups in total. The van der Waals surface area contributed by atoms with Crippen LogP contribution in [0.2, 0.25) is 0 Å². The van der Waals surface area contributed by atoms with E-state index in [0.29, 0.717) is 0 Å². The first-order valence-corrected chi connectivity index (χ1v) is 10.4. The Hall–Kier alpha value is -2.38. The number of sulfonamides is 1. The average molecular weight is 388 g/mol. The van der Waals surface area contributed by atoms with E-state index in [0.717, 1.165) is 24.0 Å². The minimum atomic E-state index is -3.94. The molecule has 0 bridgehead atoms. The number of aryl methyl sites for hydroxylation is 1. The molecule has 0 radical (unpaired) electrons. The fraction of sp³-hybridized carbons (Fsp3) is 0.350. The van der Waals surface area contributed by atoms with Gasteiger partial charge < -0.3 is 10.1 Å². The third-order valence-corrected chi connectivity index (χ3v) is 5.92. The van der Waals surface area contributed by atoms with Gasteiger partial charge >= 0.3 is 0 Å². The highest BCUT2D eigenvalue weighted by Crippen LogP contribution is 2.25. The van der Waals surface area contributed by atoms with Crippen molar-refractivity contribution < 1.29 is 17.9 Å². The molecule has 1 amide bonds. The minimum Gasteiger partial charge on any atom is -0.495 e. The first-order chi connectivity index (χ1) is 12.9. The van der Waals surface area contributed by atoms with E-state index in [-0.39, 0.29) is 29.0 Å². The fourth-order valence-electron chi connectivity index (χ4n) is 2.81. The van der Waals surface area contributed by atoms with Gasteiger partial charge in [-0.1, -0.05) is 36.4 Å². The van der Waals surface area contributed by atoms with Gasteiger partial charge in [-0.2, -0.15) is 4.72 Å². The van der Waals surface area contributed by atoms with Gasteiger partial charge in [0.1, 0.15) is 16.7 Å². The van der Waals surface area contributed by atoms with Crippen molar-refractivity contribution >= 4 is 15.9 Å². The van der Waals surface area contributed by atoms with Crippen LogP contribution in [0.3, 0.4) is 0 Å². The van der Waals surface area contributed by atoms with Crippen molar-refractivity contribution in [2.75, 3.05) is 7.11 Å². The van der Waals surface area contributed by atoms with Gasteiger partial charge in [0, 0.05) is 6.04 Å². The largest absolute Gasteiger partial charge is 0.495 e. The van der Waals surface area contributed by atoms with Gasteiger partial charge in [0.25, 0.3) is 0 Å². The molecule has 0 spiro atoms. The van der Waals surface area contributed by atoms with Crippen LogP contribution in [0, 0.1) is 6.92 Å². The lowest BCUT2D eigenvalue weighted by Crippen LogP contribution is -2.48. The highest BCUT2D eigenvalue weighted by molar-refractivity contribution is 7.89. The van der Waals surface area contributed by atoms with E-state index in [1.165, 1.54) is 7.11 Å². The van der Waals surface area contributed by atoms with E-state index in [9.17, 15) is 13.2 Å². The van der Waals surface area contributed by atoms with E-state index < -0.39 is 16.1 Å². The standard InChI is InChI=1S/C20H24N2O4S/c1-14-8-11-18(26-2)19(12-14)27(24,25)22-17(20(23)21-16-9-10-16)13-15-6-4-3-5-7-15/h3-8,11-12,16-17,22H,9-10,13H2,1-2H3,(H,21,23). The fourth-order valence-corrected chi connectivity index (χ4v) is 4.26. The summed E-state index contributed by atoms with van der Waals surface area (Å²) >= 11 is 0. The summed E-state index contributed by atoms with van der Waals surface area (Å²) in [6.45, 7) is 1.81. The normalized spacial score (nSPS) is 15.2. The molecule has 0 aromatic heterocycles. The van der Waals surface area contributed by atoms with Crippen molar-refractivity contribution in [2.24, 2.45) is 0 Å². The maximum Gasteiger partial charge on any atom is 0.244 e. The number of hydrogen-bond acceptors (Lipinski definition) is 4. The average Bonchev–Trinajstić information content (AvgIpc) is 3.46. The van der Waals surface area contributed by atoms with Crippen molar-refractivity contribution in [3.05, 3.63) is 59.7 Å². The number of carbonyl (C=O) groups is 1. The maximum absolute atomic E-state index is 13.0. The molecular formula is C20H24N2O4S. The summed E-state index contributed by atoms with van der Waals surface area (Å²) in [5.74, 6) is -0.0642. The number of hydrogen-bond donors (Lipinski definition) is 2. The van der Waals surface area contributed by atoms with Crippen molar-refractivity contribution in [1.29, 1.82) is 0 Å². The Labute approximate surface area is 160 Å². The topological polar surface area (TPSA) is 84.5 Å². The summed E-state index contributed by atoms with van der Waals surface area (Å²) in [4.78, 5) is 12.7. The summed E-state index contributed by atoms with van der Waals surface area (Å²) < 4.78 is 33.8. The summed E-state index contributed by atoms with van der Waals surface area (Å²) in [6, 6.07) is 13.5. The Morgan fingerprint density at radius 2 is 1.89 bits per heavy atom. The van der Waals surface area contributed by atoms with Crippen LogP contribution in [0.5, 0.6) is 5.75 Å². The molecule has 3 rings (SSSR count). The molecule has 1 unspecified atom stereocenters. The summed E-state index contributed by atoms with van der Waals surface area (Å²) in [5, 5.41) is 2.89. The van der Waals surface area contributed by atoms with Crippen molar-refractivity contribution in [1.82, 2.24) is 10.0 Å². The van der Waals surface area contributed by atoms with E-state index in [1.807, 2.05) is 30.3 Å². The summed E-state index contributed by atoms with van der Waals surface area (Å²) in [6.07, 6.45) is 2.14.